The second kappa shape index (κ2) is 9.82. The normalized spacial score (nSPS) is 20.2. The molecule has 32 heavy (non-hydrogen) atoms. The molecule has 1 amide bonds. The Balaban J connectivity index is 1.37. The molecule has 4 rings (SSSR count). The monoisotopic (exact) mass is 439 g/mol. The third kappa shape index (κ3) is 5.18. The molecule has 0 N–H and O–H groups in total. The highest BCUT2D eigenvalue weighted by Gasteiger charge is 2.42. The summed E-state index contributed by atoms with van der Waals surface area (Å²) in [6.07, 6.45) is 3.57. The van der Waals surface area contributed by atoms with Gasteiger partial charge in [-0.25, -0.2) is 0 Å². The SMILES string of the molecule is COc1cc(C(=O)N2CCC3(CC2)C[C@H](Oc2ccccc2)CCO3)ccc1OC(C)C. The van der Waals surface area contributed by atoms with E-state index in [1.165, 1.54) is 0 Å². The van der Waals surface area contributed by atoms with Gasteiger partial charge >= 0.3 is 0 Å². The maximum Gasteiger partial charge on any atom is 0.253 e. The Morgan fingerprint density at radius 1 is 1.09 bits per heavy atom. The van der Waals surface area contributed by atoms with Gasteiger partial charge in [0, 0.05) is 31.5 Å². The predicted molar refractivity (Wildman–Crippen MR) is 123 cm³/mol. The molecule has 0 radical (unpaired) electrons. The fourth-order valence-electron chi connectivity index (χ4n) is 4.58. The molecule has 2 aromatic rings. The summed E-state index contributed by atoms with van der Waals surface area (Å²) >= 11 is 0. The van der Waals surface area contributed by atoms with Crippen LogP contribution >= 0.6 is 0 Å². The van der Waals surface area contributed by atoms with Crippen LogP contribution in [0.3, 0.4) is 0 Å². The first kappa shape index (κ1) is 22.5. The van der Waals surface area contributed by atoms with Crippen molar-refractivity contribution >= 4 is 5.91 Å². The fraction of sp³-hybridized carbons (Fsp3) is 0.500. The number of rotatable bonds is 6. The number of piperidine rings is 1. The lowest BCUT2D eigenvalue weighted by atomic mass is 9.83. The van der Waals surface area contributed by atoms with Crippen molar-refractivity contribution in [3.63, 3.8) is 0 Å². The van der Waals surface area contributed by atoms with Crippen molar-refractivity contribution in [2.45, 2.75) is 57.3 Å². The molecule has 6 nitrogen and oxygen atoms in total. The predicted octanol–water partition coefficient (Wildman–Crippen LogP) is 4.72. The standard InChI is InChI=1S/C26H33NO5/c1-19(2)31-23-10-9-20(17-24(23)29-3)25(28)27-14-12-26(13-15-27)18-22(11-16-30-26)32-21-7-5-4-6-8-21/h4-10,17,19,22H,11-16,18H2,1-3H3/t22-/m1/s1. The molecule has 1 spiro atoms. The van der Waals surface area contributed by atoms with Gasteiger partial charge in [0.1, 0.15) is 11.9 Å². The van der Waals surface area contributed by atoms with Crippen molar-refractivity contribution in [3.05, 3.63) is 54.1 Å². The number of likely N-dealkylation sites (tertiary alicyclic amines) is 1. The molecule has 0 unspecified atom stereocenters. The summed E-state index contributed by atoms with van der Waals surface area (Å²) < 4.78 is 23.7. The van der Waals surface area contributed by atoms with Crippen LogP contribution in [-0.2, 0) is 4.74 Å². The lowest BCUT2D eigenvalue weighted by Gasteiger charge is -2.46. The average molecular weight is 440 g/mol. The molecule has 0 aromatic heterocycles. The van der Waals surface area contributed by atoms with E-state index in [4.69, 9.17) is 18.9 Å². The lowest BCUT2D eigenvalue weighted by Crippen LogP contribution is -2.52. The molecule has 2 aromatic carbocycles. The molecule has 0 aliphatic carbocycles. The van der Waals surface area contributed by atoms with Gasteiger partial charge in [-0.15, -0.1) is 0 Å². The molecule has 6 heteroatoms. The first-order valence-electron chi connectivity index (χ1n) is 11.5. The van der Waals surface area contributed by atoms with Crippen LogP contribution in [0.1, 0.15) is 49.9 Å². The largest absolute Gasteiger partial charge is 0.493 e. The van der Waals surface area contributed by atoms with Crippen molar-refractivity contribution < 1.29 is 23.7 Å². The Morgan fingerprint density at radius 2 is 1.84 bits per heavy atom. The zero-order chi connectivity index (χ0) is 22.6. The van der Waals surface area contributed by atoms with Gasteiger partial charge in [-0.3, -0.25) is 4.79 Å². The number of carbonyl (C=O) groups excluding carboxylic acids is 1. The van der Waals surface area contributed by atoms with Crippen molar-refractivity contribution in [2.75, 3.05) is 26.8 Å². The number of methoxy groups -OCH3 is 1. The van der Waals surface area contributed by atoms with Crippen LogP contribution in [0.5, 0.6) is 17.2 Å². The van der Waals surface area contributed by atoms with E-state index < -0.39 is 0 Å². The molecule has 2 saturated heterocycles. The first-order chi connectivity index (χ1) is 15.5. The second-order valence-electron chi connectivity index (χ2n) is 8.90. The van der Waals surface area contributed by atoms with E-state index in [9.17, 15) is 4.79 Å². The highest BCUT2D eigenvalue weighted by molar-refractivity contribution is 5.95. The lowest BCUT2D eigenvalue weighted by molar-refractivity contribution is -0.135. The van der Waals surface area contributed by atoms with Crippen LogP contribution < -0.4 is 14.2 Å². The van der Waals surface area contributed by atoms with Crippen LogP contribution in [0.4, 0.5) is 0 Å². The third-order valence-corrected chi connectivity index (χ3v) is 6.23. The number of para-hydroxylation sites is 1. The topological polar surface area (TPSA) is 57.2 Å². The van der Waals surface area contributed by atoms with Crippen LogP contribution in [0, 0.1) is 0 Å². The molecule has 172 valence electrons. The molecule has 2 aliphatic rings. The van der Waals surface area contributed by atoms with Gasteiger partial charge in [0.25, 0.3) is 5.91 Å². The number of nitrogens with zero attached hydrogens (tertiary/aromatic N) is 1. The molecular weight excluding hydrogens is 406 g/mol. The Kier molecular flexibility index (Phi) is 6.89. The van der Waals surface area contributed by atoms with E-state index in [-0.39, 0.29) is 23.7 Å². The molecule has 0 saturated carbocycles. The Morgan fingerprint density at radius 3 is 2.53 bits per heavy atom. The number of hydrogen-bond acceptors (Lipinski definition) is 5. The van der Waals surface area contributed by atoms with Crippen molar-refractivity contribution in [2.24, 2.45) is 0 Å². The Bertz CT molecular complexity index is 906. The van der Waals surface area contributed by atoms with Crippen LogP contribution in [0.2, 0.25) is 0 Å². The first-order valence-corrected chi connectivity index (χ1v) is 11.5. The van der Waals surface area contributed by atoms with Gasteiger partial charge in [-0.1, -0.05) is 18.2 Å². The third-order valence-electron chi connectivity index (χ3n) is 6.23. The molecule has 0 bridgehead atoms. The fourth-order valence-corrected chi connectivity index (χ4v) is 4.58. The summed E-state index contributed by atoms with van der Waals surface area (Å²) in [6.45, 7) is 5.96. The summed E-state index contributed by atoms with van der Waals surface area (Å²) in [7, 11) is 1.59. The smallest absolute Gasteiger partial charge is 0.253 e. The van der Waals surface area contributed by atoms with Crippen LogP contribution in [0.25, 0.3) is 0 Å². The minimum Gasteiger partial charge on any atom is -0.493 e. The van der Waals surface area contributed by atoms with Crippen LogP contribution in [-0.4, -0.2) is 55.4 Å². The summed E-state index contributed by atoms with van der Waals surface area (Å²) in [5.74, 6) is 2.15. The number of carbonyl (C=O) groups is 1. The average Bonchev–Trinajstić information content (AvgIpc) is 2.80. The van der Waals surface area contributed by atoms with Gasteiger partial charge in [0.15, 0.2) is 11.5 Å². The van der Waals surface area contributed by atoms with E-state index >= 15 is 0 Å². The highest BCUT2D eigenvalue weighted by Crippen LogP contribution is 2.37. The summed E-state index contributed by atoms with van der Waals surface area (Å²) in [6, 6.07) is 15.4. The molecule has 2 aliphatic heterocycles. The molecule has 2 heterocycles. The van der Waals surface area contributed by atoms with E-state index in [1.54, 1.807) is 13.2 Å². The van der Waals surface area contributed by atoms with E-state index in [0.717, 1.165) is 31.4 Å². The summed E-state index contributed by atoms with van der Waals surface area (Å²) in [5, 5.41) is 0. The maximum atomic E-state index is 13.1. The van der Waals surface area contributed by atoms with Crippen molar-refractivity contribution in [1.29, 1.82) is 0 Å². The van der Waals surface area contributed by atoms with Crippen molar-refractivity contribution in [3.8, 4) is 17.2 Å². The Hall–Kier alpha value is -2.73. The maximum absolute atomic E-state index is 13.1. The van der Waals surface area contributed by atoms with E-state index in [0.29, 0.717) is 36.8 Å². The second-order valence-corrected chi connectivity index (χ2v) is 8.90. The molecule has 2 fully saturated rings. The van der Waals surface area contributed by atoms with Gasteiger partial charge < -0.3 is 23.8 Å². The number of amides is 1. The number of ether oxygens (including phenoxy) is 4. The zero-order valence-electron chi connectivity index (χ0n) is 19.2. The quantitative estimate of drug-likeness (QED) is 0.652. The molecular formula is C26H33NO5. The minimum atomic E-state index is -0.207. The van der Waals surface area contributed by atoms with Gasteiger partial charge in [-0.05, 0) is 57.0 Å². The van der Waals surface area contributed by atoms with Gasteiger partial charge in [0.2, 0.25) is 0 Å². The van der Waals surface area contributed by atoms with Crippen LogP contribution in [0.15, 0.2) is 48.5 Å². The highest BCUT2D eigenvalue weighted by atomic mass is 16.5. The number of benzene rings is 2. The zero-order valence-corrected chi connectivity index (χ0v) is 19.2. The van der Waals surface area contributed by atoms with Gasteiger partial charge in [0.05, 0.1) is 25.4 Å². The number of hydrogen-bond donors (Lipinski definition) is 0. The summed E-state index contributed by atoms with van der Waals surface area (Å²) in [4.78, 5) is 15.1. The van der Waals surface area contributed by atoms with E-state index in [2.05, 4.69) is 0 Å². The van der Waals surface area contributed by atoms with Crippen molar-refractivity contribution in [1.82, 2.24) is 4.90 Å². The Labute approximate surface area is 190 Å². The summed E-state index contributed by atoms with van der Waals surface area (Å²) in [5.41, 5.74) is 0.407. The molecule has 1 atom stereocenters. The minimum absolute atomic E-state index is 0.0159. The van der Waals surface area contributed by atoms with Gasteiger partial charge in [-0.2, -0.15) is 0 Å². The van der Waals surface area contributed by atoms with E-state index in [1.807, 2.05) is 61.2 Å².